The summed E-state index contributed by atoms with van der Waals surface area (Å²) in [6.07, 6.45) is 10.4. The first-order valence-corrected chi connectivity index (χ1v) is 10.9. The molecule has 3 nitrogen and oxygen atoms in total. The molecule has 0 radical (unpaired) electrons. The minimum atomic E-state index is -0.472. The normalized spacial score (nSPS) is 11.7. The first-order chi connectivity index (χ1) is 13.7. The Hall–Kier alpha value is -2.18. The number of thioether (sulfide) groups is 1. The molecule has 0 saturated heterocycles. The summed E-state index contributed by atoms with van der Waals surface area (Å²) in [6.45, 7) is 5.67. The van der Waals surface area contributed by atoms with Crippen molar-refractivity contribution in [2.45, 2.75) is 31.3 Å². The maximum atomic E-state index is 12.7. The standard InChI is InChI=1S/C22H25FN2OS2/c1-3-7-18(8-4-12-23)9-5-15-28-22-20(17(2)11-13-24-22)21(26)25-16-19-10-6-14-27-19/h3-4,6-8,10-11,13-14H,1,5,9,12,15-16H2,2H3,(H,25,26)/b8-4-,18-7+. The maximum Gasteiger partial charge on any atom is 0.254 e. The molecule has 0 aliphatic carbocycles. The van der Waals surface area contributed by atoms with Crippen molar-refractivity contribution < 1.29 is 9.18 Å². The van der Waals surface area contributed by atoms with E-state index in [4.69, 9.17) is 0 Å². The Morgan fingerprint density at radius 3 is 3.00 bits per heavy atom. The van der Waals surface area contributed by atoms with Gasteiger partial charge in [0, 0.05) is 11.1 Å². The number of aromatic nitrogens is 1. The van der Waals surface area contributed by atoms with Gasteiger partial charge >= 0.3 is 0 Å². The van der Waals surface area contributed by atoms with Crippen LogP contribution in [0.1, 0.15) is 33.6 Å². The van der Waals surface area contributed by atoms with E-state index in [-0.39, 0.29) is 5.91 Å². The molecule has 0 atom stereocenters. The molecule has 0 spiro atoms. The van der Waals surface area contributed by atoms with Gasteiger partial charge in [-0.25, -0.2) is 9.37 Å². The van der Waals surface area contributed by atoms with Crippen LogP contribution in [0.4, 0.5) is 4.39 Å². The third-order valence-corrected chi connectivity index (χ3v) is 5.91. The highest BCUT2D eigenvalue weighted by molar-refractivity contribution is 7.99. The number of carbonyl (C=O) groups excluding carboxylic acids is 1. The van der Waals surface area contributed by atoms with E-state index in [0.29, 0.717) is 12.1 Å². The van der Waals surface area contributed by atoms with Crippen molar-refractivity contribution in [2.75, 3.05) is 12.4 Å². The number of pyridine rings is 1. The predicted molar refractivity (Wildman–Crippen MR) is 118 cm³/mol. The molecule has 1 N–H and O–H groups in total. The highest BCUT2D eigenvalue weighted by Gasteiger charge is 2.16. The van der Waals surface area contributed by atoms with Crippen LogP contribution in [0.5, 0.6) is 0 Å². The van der Waals surface area contributed by atoms with E-state index < -0.39 is 6.67 Å². The molecule has 2 aromatic heterocycles. The average Bonchev–Trinajstić information content (AvgIpc) is 3.21. The molecule has 0 aromatic carbocycles. The van der Waals surface area contributed by atoms with Gasteiger partial charge in [0.1, 0.15) is 11.7 Å². The van der Waals surface area contributed by atoms with Crippen LogP contribution < -0.4 is 5.32 Å². The number of nitrogens with zero attached hydrogens (tertiary/aromatic N) is 1. The van der Waals surface area contributed by atoms with Crippen LogP contribution in [0.2, 0.25) is 0 Å². The second-order valence-electron chi connectivity index (χ2n) is 6.06. The smallest absolute Gasteiger partial charge is 0.254 e. The summed E-state index contributed by atoms with van der Waals surface area (Å²) in [5.41, 5.74) is 2.60. The summed E-state index contributed by atoms with van der Waals surface area (Å²) in [6, 6.07) is 5.83. The van der Waals surface area contributed by atoms with Crippen LogP contribution in [0.15, 0.2) is 71.3 Å². The van der Waals surface area contributed by atoms with Gasteiger partial charge in [-0.1, -0.05) is 36.9 Å². The first-order valence-electron chi connectivity index (χ1n) is 9.08. The van der Waals surface area contributed by atoms with E-state index >= 15 is 0 Å². The second kappa shape index (κ2) is 12.3. The molecule has 2 heterocycles. The number of rotatable bonds is 11. The van der Waals surface area contributed by atoms with Crippen molar-refractivity contribution >= 4 is 29.0 Å². The SMILES string of the molecule is C=C/C=C(\C=C/CF)CCCSc1nccc(C)c1C(=O)NCc1cccs1. The van der Waals surface area contributed by atoms with Gasteiger partial charge in [-0.2, -0.15) is 0 Å². The van der Waals surface area contributed by atoms with Crippen LogP contribution in [-0.2, 0) is 6.54 Å². The van der Waals surface area contributed by atoms with E-state index in [1.54, 1.807) is 41.4 Å². The third-order valence-electron chi connectivity index (χ3n) is 3.96. The van der Waals surface area contributed by atoms with Gasteiger partial charge in [0.05, 0.1) is 12.1 Å². The van der Waals surface area contributed by atoms with Gasteiger partial charge in [0.25, 0.3) is 5.91 Å². The minimum Gasteiger partial charge on any atom is -0.347 e. The van der Waals surface area contributed by atoms with Gasteiger partial charge in [0.15, 0.2) is 0 Å². The van der Waals surface area contributed by atoms with Crippen LogP contribution in [0, 0.1) is 6.92 Å². The molecule has 0 unspecified atom stereocenters. The molecule has 0 fully saturated rings. The van der Waals surface area contributed by atoms with Crippen LogP contribution in [0.25, 0.3) is 0 Å². The number of hydrogen-bond acceptors (Lipinski definition) is 4. The lowest BCUT2D eigenvalue weighted by molar-refractivity contribution is 0.0947. The Morgan fingerprint density at radius 2 is 2.29 bits per heavy atom. The number of amides is 1. The van der Waals surface area contributed by atoms with Crippen molar-refractivity contribution in [1.29, 1.82) is 0 Å². The molecule has 1 amide bonds. The second-order valence-corrected chi connectivity index (χ2v) is 8.17. The zero-order valence-electron chi connectivity index (χ0n) is 16.0. The summed E-state index contributed by atoms with van der Waals surface area (Å²) < 4.78 is 12.3. The number of aryl methyl sites for hydroxylation is 1. The van der Waals surface area contributed by atoms with Gasteiger partial charge in [-0.3, -0.25) is 4.79 Å². The number of allylic oxidation sites excluding steroid dienone is 5. The molecule has 6 heteroatoms. The van der Waals surface area contributed by atoms with Gasteiger partial charge in [0.2, 0.25) is 0 Å². The molecule has 148 valence electrons. The Morgan fingerprint density at radius 1 is 1.43 bits per heavy atom. The molecule has 2 aromatic rings. The monoisotopic (exact) mass is 416 g/mol. The highest BCUT2D eigenvalue weighted by atomic mass is 32.2. The Kier molecular flexibility index (Phi) is 9.72. The third kappa shape index (κ3) is 7.09. The summed E-state index contributed by atoms with van der Waals surface area (Å²) in [5, 5.41) is 5.73. The Bertz CT molecular complexity index is 829. The first kappa shape index (κ1) is 22.1. The number of halogens is 1. The zero-order chi connectivity index (χ0) is 20.2. The Balaban J connectivity index is 1.95. The lowest BCUT2D eigenvalue weighted by atomic mass is 10.1. The van der Waals surface area contributed by atoms with E-state index in [1.165, 1.54) is 6.08 Å². The van der Waals surface area contributed by atoms with Crippen molar-refractivity contribution in [3.63, 3.8) is 0 Å². The highest BCUT2D eigenvalue weighted by Crippen LogP contribution is 2.25. The minimum absolute atomic E-state index is 0.0976. The quantitative estimate of drug-likeness (QED) is 0.282. The molecule has 2 rings (SSSR count). The van der Waals surface area contributed by atoms with Crippen molar-refractivity contribution in [3.8, 4) is 0 Å². The summed E-state index contributed by atoms with van der Waals surface area (Å²) in [5.74, 6) is 0.721. The summed E-state index contributed by atoms with van der Waals surface area (Å²) >= 11 is 3.20. The zero-order valence-corrected chi connectivity index (χ0v) is 17.6. The summed E-state index contributed by atoms with van der Waals surface area (Å²) in [7, 11) is 0. The van der Waals surface area contributed by atoms with Gasteiger partial charge in [-0.15, -0.1) is 23.1 Å². The predicted octanol–water partition coefficient (Wildman–Crippen LogP) is 5.89. The van der Waals surface area contributed by atoms with Gasteiger partial charge < -0.3 is 5.32 Å². The average molecular weight is 417 g/mol. The number of nitrogens with one attached hydrogen (secondary N) is 1. The maximum absolute atomic E-state index is 12.7. The lowest BCUT2D eigenvalue weighted by Crippen LogP contribution is -2.24. The topological polar surface area (TPSA) is 42.0 Å². The molecule has 0 saturated carbocycles. The molecule has 0 aliphatic rings. The van der Waals surface area contributed by atoms with E-state index in [0.717, 1.165) is 39.6 Å². The van der Waals surface area contributed by atoms with Crippen molar-refractivity contribution in [2.24, 2.45) is 0 Å². The number of hydrogen-bond donors (Lipinski definition) is 1. The Labute approximate surface area is 174 Å². The van der Waals surface area contributed by atoms with E-state index in [2.05, 4.69) is 16.9 Å². The molecule has 28 heavy (non-hydrogen) atoms. The molecule has 0 bridgehead atoms. The number of carbonyl (C=O) groups is 1. The molecular formula is C22H25FN2OS2. The number of alkyl halides is 1. The van der Waals surface area contributed by atoms with Crippen LogP contribution in [0.3, 0.4) is 0 Å². The van der Waals surface area contributed by atoms with Crippen LogP contribution in [-0.4, -0.2) is 23.3 Å². The van der Waals surface area contributed by atoms with Gasteiger partial charge in [-0.05, 0) is 54.2 Å². The van der Waals surface area contributed by atoms with E-state index in [9.17, 15) is 9.18 Å². The largest absolute Gasteiger partial charge is 0.347 e. The fourth-order valence-corrected chi connectivity index (χ4v) is 4.26. The fourth-order valence-electron chi connectivity index (χ4n) is 2.60. The van der Waals surface area contributed by atoms with Crippen LogP contribution >= 0.6 is 23.1 Å². The summed E-state index contributed by atoms with van der Waals surface area (Å²) in [4.78, 5) is 18.2. The van der Waals surface area contributed by atoms with E-state index in [1.807, 2.05) is 36.6 Å². The fraction of sp³-hybridized carbons (Fsp3) is 0.273. The lowest BCUT2D eigenvalue weighted by Gasteiger charge is -2.11. The number of thiophene rings is 1. The van der Waals surface area contributed by atoms with Crippen molar-refractivity contribution in [3.05, 3.63) is 82.2 Å². The molecular weight excluding hydrogens is 391 g/mol. The molecule has 0 aliphatic heterocycles. The van der Waals surface area contributed by atoms with Crippen molar-refractivity contribution in [1.82, 2.24) is 10.3 Å².